The summed E-state index contributed by atoms with van der Waals surface area (Å²) in [7, 11) is 1.82. The van der Waals surface area contributed by atoms with Crippen molar-refractivity contribution in [3.05, 3.63) is 29.8 Å². The summed E-state index contributed by atoms with van der Waals surface area (Å²) in [6.07, 6.45) is 1.83. The molecule has 0 saturated carbocycles. The highest BCUT2D eigenvalue weighted by atomic mass is 19.1. The van der Waals surface area contributed by atoms with E-state index in [1.165, 1.54) is 6.07 Å². The summed E-state index contributed by atoms with van der Waals surface area (Å²) in [6.45, 7) is 2.08. The van der Waals surface area contributed by atoms with Gasteiger partial charge in [-0.1, -0.05) is 6.92 Å². The van der Waals surface area contributed by atoms with Crippen molar-refractivity contribution in [2.75, 3.05) is 5.73 Å². The number of anilines is 1. The first-order valence-corrected chi connectivity index (χ1v) is 5.57. The molecule has 0 unspecified atom stereocenters. The van der Waals surface area contributed by atoms with Crippen LogP contribution in [0.1, 0.15) is 19.2 Å². The first kappa shape index (κ1) is 11.6. The van der Waals surface area contributed by atoms with Gasteiger partial charge < -0.3 is 5.73 Å². The zero-order valence-electron chi connectivity index (χ0n) is 9.94. The SMILES string of the molecule is CCCc1nc(-c2ccc(F)c(N)c2)n(C)n1. The van der Waals surface area contributed by atoms with Crippen LogP contribution in [0.4, 0.5) is 10.1 Å². The molecule has 0 spiro atoms. The first-order valence-electron chi connectivity index (χ1n) is 5.57. The fraction of sp³-hybridized carbons (Fsp3) is 0.333. The van der Waals surface area contributed by atoms with Crippen molar-refractivity contribution in [2.24, 2.45) is 7.05 Å². The average Bonchev–Trinajstić information content (AvgIpc) is 2.64. The van der Waals surface area contributed by atoms with Crippen LogP contribution in [-0.2, 0) is 13.5 Å². The van der Waals surface area contributed by atoms with Crippen molar-refractivity contribution in [1.82, 2.24) is 14.8 Å². The van der Waals surface area contributed by atoms with E-state index in [4.69, 9.17) is 5.73 Å². The lowest BCUT2D eigenvalue weighted by atomic mass is 10.2. The summed E-state index contributed by atoms with van der Waals surface area (Å²) in [5.74, 6) is 1.10. The molecule has 2 N–H and O–H groups in total. The molecule has 5 heteroatoms. The monoisotopic (exact) mass is 234 g/mol. The van der Waals surface area contributed by atoms with E-state index in [0.717, 1.165) is 24.2 Å². The topological polar surface area (TPSA) is 56.7 Å². The number of nitrogens with zero attached hydrogens (tertiary/aromatic N) is 3. The summed E-state index contributed by atoms with van der Waals surface area (Å²) in [4.78, 5) is 4.41. The van der Waals surface area contributed by atoms with Crippen LogP contribution in [0.25, 0.3) is 11.4 Å². The Morgan fingerprint density at radius 1 is 1.41 bits per heavy atom. The Morgan fingerprint density at radius 2 is 2.18 bits per heavy atom. The molecule has 1 heterocycles. The maximum Gasteiger partial charge on any atom is 0.158 e. The number of benzene rings is 1. The molecule has 2 aromatic rings. The van der Waals surface area contributed by atoms with Gasteiger partial charge >= 0.3 is 0 Å². The lowest BCUT2D eigenvalue weighted by molar-refractivity contribution is 0.632. The molecule has 4 nitrogen and oxygen atoms in total. The molecule has 90 valence electrons. The van der Waals surface area contributed by atoms with Gasteiger partial charge in [0, 0.05) is 19.0 Å². The zero-order chi connectivity index (χ0) is 12.4. The highest BCUT2D eigenvalue weighted by molar-refractivity contribution is 5.61. The van der Waals surface area contributed by atoms with E-state index in [1.54, 1.807) is 16.8 Å². The molecule has 0 bridgehead atoms. The molecular formula is C12H15FN4. The predicted molar refractivity (Wildman–Crippen MR) is 64.8 cm³/mol. The van der Waals surface area contributed by atoms with E-state index in [-0.39, 0.29) is 5.69 Å². The van der Waals surface area contributed by atoms with Crippen LogP contribution >= 0.6 is 0 Å². The van der Waals surface area contributed by atoms with Crippen LogP contribution in [0.2, 0.25) is 0 Å². The maximum absolute atomic E-state index is 13.1. The molecule has 0 amide bonds. The highest BCUT2D eigenvalue weighted by Gasteiger charge is 2.10. The normalized spacial score (nSPS) is 10.8. The van der Waals surface area contributed by atoms with Gasteiger partial charge in [0.1, 0.15) is 5.82 Å². The van der Waals surface area contributed by atoms with Crippen LogP contribution in [0.5, 0.6) is 0 Å². The number of hydrogen-bond acceptors (Lipinski definition) is 3. The fourth-order valence-corrected chi connectivity index (χ4v) is 1.70. The standard InChI is InChI=1S/C12H15FN4/c1-3-4-11-15-12(17(2)16-11)8-5-6-9(13)10(14)7-8/h5-7H,3-4,14H2,1-2H3. The van der Waals surface area contributed by atoms with Gasteiger partial charge in [-0.3, -0.25) is 0 Å². The summed E-state index contributed by atoms with van der Waals surface area (Å²) >= 11 is 0. The molecule has 0 saturated heterocycles. The molecule has 0 fully saturated rings. The van der Waals surface area contributed by atoms with Gasteiger partial charge in [0.2, 0.25) is 0 Å². The molecule has 1 aromatic carbocycles. The highest BCUT2D eigenvalue weighted by Crippen LogP contribution is 2.21. The third-order valence-corrected chi connectivity index (χ3v) is 2.53. The van der Waals surface area contributed by atoms with E-state index >= 15 is 0 Å². The second kappa shape index (κ2) is 4.53. The molecular weight excluding hydrogens is 219 g/mol. The van der Waals surface area contributed by atoms with Crippen molar-refractivity contribution in [2.45, 2.75) is 19.8 Å². The van der Waals surface area contributed by atoms with Gasteiger partial charge in [0.05, 0.1) is 5.69 Å². The molecule has 0 aliphatic heterocycles. The van der Waals surface area contributed by atoms with Crippen LogP contribution in [0, 0.1) is 5.82 Å². The Hall–Kier alpha value is -1.91. The number of aromatic nitrogens is 3. The smallest absolute Gasteiger partial charge is 0.158 e. The third kappa shape index (κ3) is 2.27. The van der Waals surface area contributed by atoms with Gasteiger partial charge in [-0.2, -0.15) is 5.10 Å². The molecule has 0 aliphatic carbocycles. The number of halogens is 1. The van der Waals surface area contributed by atoms with E-state index in [1.807, 2.05) is 7.05 Å². The Kier molecular flexibility index (Phi) is 3.08. The summed E-state index contributed by atoms with van der Waals surface area (Å²) in [5.41, 5.74) is 6.45. The van der Waals surface area contributed by atoms with E-state index in [2.05, 4.69) is 17.0 Å². The number of rotatable bonds is 3. The Bertz CT molecular complexity index is 533. The number of nitrogens with two attached hydrogens (primary N) is 1. The second-order valence-electron chi connectivity index (χ2n) is 3.96. The largest absolute Gasteiger partial charge is 0.396 e. The molecule has 0 atom stereocenters. The number of nitrogen functional groups attached to an aromatic ring is 1. The second-order valence-corrected chi connectivity index (χ2v) is 3.96. The van der Waals surface area contributed by atoms with Gasteiger partial charge in [-0.25, -0.2) is 14.1 Å². The van der Waals surface area contributed by atoms with Crippen LogP contribution in [-0.4, -0.2) is 14.8 Å². The van der Waals surface area contributed by atoms with E-state index in [0.29, 0.717) is 5.82 Å². The predicted octanol–water partition coefficient (Wildman–Crippen LogP) is 2.16. The molecule has 1 aromatic heterocycles. The third-order valence-electron chi connectivity index (χ3n) is 2.53. The first-order chi connectivity index (χ1) is 8.11. The van der Waals surface area contributed by atoms with E-state index < -0.39 is 5.82 Å². The van der Waals surface area contributed by atoms with Crippen molar-refractivity contribution < 1.29 is 4.39 Å². The maximum atomic E-state index is 13.1. The summed E-state index contributed by atoms with van der Waals surface area (Å²) in [6, 6.07) is 4.58. The lowest BCUT2D eigenvalue weighted by Crippen LogP contribution is -1.97. The summed E-state index contributed by atoms with van der Waals surface area (Å²) in [5, 5.41) is 4.30. The van der Waals surface area contributed by atoms with Crippen molar-refractivity contribution in [3.63, 3.8) is 0 Å². The number of aryl methyl sites for hydroxylation is 2. The fourth-order valence-electron chi connectivity index (χ4n) is 1.70. The Labute approximate surface area is 99.3 Å². The van der Waals surface area contributed by atoms with Gasteiger partial charge in [-0.05, 0) is 24.6 Å². The molecule has 0 radical (unpaired) electrons. The Balaban J connectivity index is 2.41. The van der Waals surface area contributed by atoms with Gasteiger partial charge in [-0.15, -0.1) is 0 Å². The molecule has 0 aliphatic rings. The van der Waals surface area contributed by atoms with Crippen LogP contribution in [0.3, 0.4) is 0 Å². The Morgan fingerprint density at radius 3 is 2.82 bits per heavy atom. The van der Waals surface area contributed by atoms with Crippen molar-refractivity contribution in [1.29, 1.82) is 0 Å². The minimum Gasteiger partial charge on any atom is -0.396 e. The number of hydrogen-bond donors (Lipinski definition) is 1. The zero-order valence-corrected chi connectivity index (χ0v) is 9.94. The van der Waals surface area contributed by atoms with Gasteiger partial charge in [0.25, 0.3) is 0 Å². The van der Waals surface area contributed by atoms with Crippen molar-refractivity contribution >= 4 is 5.69 Å². The van der Waals surface area contributed by atoms with Crippen LogP contribution in [0.15, 0.2) is 18.2 Å². The lowest BCUT2D eigenvalue weighted by Gasteiger charge is -2.02. The van der Waals surface area contributed by atoms with Gasteiger partial charge in [0.15, 0.2) is 11.6 Å². The molecule has 2 rings (SSSR count). The quantitative estimate of drug-likeness (QED) is 0.828. The molecule has 17 heavy (non-hydrogen) atoms. The minimum absolute atomic E-state index is 0.127. The average molecular weight is 234 g/mol. The summed E-state index contributed by atoms with van der Waals surface area (Å²) < 4.78 is 14.8. The van der Waals surface area contributed by atoms with Crippen molar-refractivity contribution in [3.8, 4) is 11.4 Å². The van der Waals surface area contributed by atoms with Crippen LogP contribution < -0.4 is 5.73 Å². The minimum atomic E-state index is -0.412. The van der Waals surface area contributed by atoms with E-state index in [9.17, 15) is 4.39 Å².